The first kappa shape index (κ1) is 35.8. The van der Waals surface area contributed by atoms with Crippen LogP contribution in [0.4, 0.5) is 0 Å². The number of likely N-dealkylation sites (tertiary alicyclic amines) is 1. The number of methoxy groups -OCH3 is 1. The van der Waals surface area contributed by atoms with E-state index < -0.39 is 6.10 Å². The van der Waals surface area contributed by atoms with E-state index >= 15 is 0 Å². The lowest BCUT2D eigenvalue weighted by molar-refractivity contribution is -0.143. The number of carbonyl (C=O) groups excluding carboxylic acids is 2. The molecule has 0 radical (unpaired) electrons. The van der Waals surface area contributed by atoms with Crippen LogP contribution in [0, 0.1) is 0 Å². The second-order valence-electron chi connectivity index (χ2n) is 14.1. The van der Waals surface area contributed by atoms with Gasteiger partial charge in [0.2, 0.25) is 5.91 Å². The van der Waals surface area contributed by atoms with Gasteiger partial charge in [0.25, 0.3) is 5.91 Å². The lowest BCUT2D eigenvalue weighted by Crippen LogP contribution is -2.35. The van der Waals surface area contributed by atoms with Crippen LogP contribution in [0.15, 0.2) is 126 Å². The quantitative estimate of drug-likeness (QED) is 0.114. The van der Waals surface area contributed by atoms with Gasteiger partial charge in [-0.2, -0.15) is 0 Å². The summed E-state index contributed by atoms with van der Waals surface area (Å²) < 4.78 is 12.1. The number of rotatable bonds is 13. The fourth-order valence-corrected chi connectivity index (χ4v) is 7.61. The molecule has 2 amide bonds. The minimum Gasteiger partial charge on any atom is -0.456 e. The fourth-order valence-electron chi connectivity index (χ4n) is 7.61. The van der Waals surface area contributed by atoms with Crippen molar-refractivity contribution >= 4 is 33.9 Å². The Kier molecular flexibility index (Phi) is 10.1. The fraction of sp³-hybridized carbons (Fsp3) is 0.244. The van der Waals surface area contributed by atoms with Crippen LogP contribution in [-0.2, 0) is 20.9 Å². The highest BCUT2D eigenvalue weighted by molar-refractivity contribution is 5.86. The molecule has 0 unspecified atom stereocenters. The number of aromatic nitrogens is 4. The molecule has 1 fully saturated rings. The number of nitrogens with one attached hydrogen (secondary N) is 2. The molecule has 0 saturated carbocycles. The average molecular weight is 733 g/mol. The van der Waals surface area contributed by atoms with Crippen LogP contribution in [0.2, 0.25) is 0 Å². The Bertz CT molecular complexity index is 2450. The lowest BCUT2D eigenvalue weighted by Gasteiger charge is -2.27. The van der Waals surface area contributed by atoms with Crippen LogP contribution >= 0.6 is 0 Å². The van der Waals surface area contributed by atoms with Gasteiger partial charge in [-0.3, -0.25) is 9.59 Å². The van der Waals surface area contributed by atoms with Gasteiger partial charge in [-0.15, -0.1) is 6.58 Å². The first-order valence-corrected chi connectivity index (χ1v) is 18.8. The molecule has 10 heteroatoms. The largest absolute Gasteiger partial charge is 0.456 e. The van der Waals surface area contributed by atoms with Crippen LogP contribution in [0.5, 0.6) is 0 Å². The number of fused-ring (bicyclic) bond motifs is 2. The van der Waals surface area contributed by atoms with E-state index in [0.29, 0.717) is 26.1 Å². The number of ether oxygens (including phenoxy) is 1. The molecule has 1 aliphatic heterocycles. The summed E-state index contributed by atoms with van der Waals surface area (Å²) in [6.07, 6.45) is 3.58. The van der Waals surface area contributed by atoms with E-state index in [9.17, 15) is 9.59 Å². The molecule has 8 rings (SSSR count). The van der Waals surface area contributed by atoms with Crippen LogP contribution in [-0.4, -0.2) is 61.7 Å². The van der Waals surface area contributed by atoms with Gasteiger partial charge in [0.1, 0.15) is 23.2 Å². The molecule has 1 saturated heterocycles. The zero-order chi connectivity index (χ0) is 37.9. The summed E-state index contributed by atoms with van der Waals surface area (Å²) in [5.41, 5.74) is 7.04. The molecule has 2 N–H and O–H groups in total. The van der Waals surface area contributed by atoms with E-state index in [0.717, 1.165) is 80.3 Å². The van der Waals surface area contributed by atoms with Crippen molar-refractivity contribution in [3.8, 4) is 22.6 Å². The van der Waals surface area contributed by atoms with Gasteiger partial charge >= 0.3 is 0 Å². The van der Waals surface area contributed by atoms with E-state index in [-0.39, 0.29) is 23.8 Å². The molecule has 3 atom stereocenters. The van der Waals surface area contributed by atoms with Crippen molar-refractivity contribution in [2.75, 3.05) is 20.2 Å². The Hall–Kier alpha value is -6.26. The number of nitrogens with zero attached hydrogens (tertiary/aromatic N) is 4. The van der Waals surface area contributed by atoms with Gasteiger partial charge in [0.05, 0.1) is 40.6 Å². The topological polar surface area (TPSA) is 120 Å². The maximum atomic E-state index is 13.7. The normalized spacial score (nSPS) is 15.4. The summed E-state index contributed by atoms with van der Waals surface area (Å²) in [4.78, 5) is 47.7. The van der Waals surface area contributed by atoms with Crippen molar-refractivity contribution < 1.29 is 18.7 Å². The number of hydrogen-bond acceptors (Lipinski definition) is 6. The number of aromatic amines is 2. The summed E-state index contributed by atoms with van der Waals surface area (Å²) in [5, 5.41) is 0. The van der Waals surface area contributed by atoms with E-state index in [4.69, 9.17) is 19.1 Å². The van der Waals surface area contributed by atoms with Gasteiger partial charge < -0.3 is 28.9 Å². The van der Waals surface area contributed by atoms with Crippen molar-refractivity contribution in [1.82, 2.24) is 29.7 Å². The molecule has 3 aromatic heterocycles. The number of imidazole rings is 2. The molecular weight excluding hydrogens is 689 g/mol. The second-order valence-corrected chi connectivity index (χ2v) is 14.1. The molecule has 55 heavy (non-hydrogen) atoms. The van der Waals surface area contributed by atoms with Gasteiger partial charge in [-0.05, 0) is 85.8 Å². The van der Waals surface area contributed by atoms with Gasteiger partial charge in [-0.25, -0.2) is 9.97 Å². The predicted molar refractivity (Wildman–Crippen MR) is 214 cm³/mol. The van der Waals surface area contributed by atoms with Crippen LogP contribution < -0.4 is 0 Å². The Labute approximate surface area is 319 Å². The first-order valence-electron chi connectivity index (χ1n) is 18.8. The smallest absolute Gasteiger partial charge is 0.256 e. The number of benzene rings is 4. The zero-order valence-electron chi connectivity index (χ0n) is 31.1. The third-order valence-corrected chi connectivity index (χ3v) is 10.5. The van der Waals surface area contributed by atoms with Crippen molar-refractivity contribution in [2.24, 2.45) is 0 Å². The molecule has 278 valence electrons. The minimum atomic E-state index is -0.663. The monoisotopic (exact) mass is 732 g/mol. The van der Waals surface area contributed by atoms with E-state index in [1.54, 1.807) is 7.11 Å². The van der Waals surface area contributed by atoms with E-state index in [2.05, 4.69) is 16.5 Å². The highest BCUT2D eigenvalue weighted by Crippen LogP contribution is 2.36. The van der Waals surface area contributed by atoms with Crippen molar-refractivity contribution in [1.29, 1.82) is 0 Å². The third-order valence-electron chi connectivity index (χ3n) is 10.5. The van der Waals surface area contributed by atoms with Gasteiger partial charge in [-0.1, -0.05) is 66.7 Å². The maximum absolute atomic E-state index is 13.7. The number of hydrogen-bond donors (Lipinski definition) is 2. The zero-order valence-corrected chi connectivity index (χ0v) is 31.1. The van der Waals surface area contributed by atoms with Crippen LogP contribution in [0.3, 0.4) is 0 Å². The Morgan fingerprint density at radius 2 is 1.53 bits per heavy atom. The molecule has 4 heterocycles. The lowest BCUT2D eigenvalue weighted by atomic mass is 9.99. The van der Waals surface area contributed by atoms with Crippen molar-refractivity contribution in [3.05, 3.63) is 145 Å². The summed E-state index contributed by atoms with van der Waals surface area (Å²) in [7, 11) is 1.58. The molecule has 7 aromatic rings. The molecule has 0 bridgehead atoms. The molecule has 10 nitrogen and oxygen atoms in total. The predicted octanol–water partition coefficient (Wildman–Crippen LogP) is 9.13. The summed E-state index contributed by atoms with van der Waals surface area (Å²) in [6, 6.07) is 35.3. The molecule has 4 aromatic carbocycles. The van der Waals surface area contributed by atoms with Crippen molar-refractivity contribution in [3.63, 3.8) is 0 Å². The highest BCUT2D eigenvalue weighted by Gasteiger charge is 2.36. The van der Waals surface area contributed by atoms with Gasteiger partial charge in [0.15, 0.2) is 6.10 Å². The number of amides is 2. The number of carbonyl (C=O) groups is 2. The number of H-pyrrole nitrogens is 2. The van der Waals surface area contributed by atoms with E-state index in [1.807, 2.05) is 132 Å². The Morgan fingerprint density at radius 1 is 0.891 bits per heavy atom. The minimum absolute atomic E-state index is 0.0523. The molecular formula is C45H44N6O4. The highest BCUT2D eigenvalue weighted by atomic mass is 16.5. The summed E-state index contributed by atoms with van der Waals surface area (Å²) in [6.45, 7) is 7.39. The van der Waals surface area contributed by atoms with Crippen LogP contribution in [0.25, 0.3) is 44.7 Å². The standard InChI is InChI=1S/C45H44N6O4/c1-4-5-24-50(44(52)29(2)30-13-8-6-9-14-30)28-41-46-34-20-18-32(26-36(34)47-41)39-22-23-40(55-39)33-19-21-35-37(27-33)49-43(48-35)38-17-12-25-51(38)45(53)42(54-3)31-15-10-7-11-16-31/h4,6-11,13-16,18-23,26-27,29,38,42H,1,5,12,17,24-25,28H2,2-3H3,(H,46,47)(H,48,49)/t29-,38-,42+/m0/s1. The van der Waals surface area contributed by atoms with Crippen molar-refractivity contribution in [2.45, 2.75) is 50.8 Å². The molecule has 0 aliphatic carbocycles. The summed E-state index contributed by atoms with van der Waals surface area (Å²) >= 11 is 0. The SMILES string of the molecule is C=CCCN(Cc1nc2ccc(-c3ccc(-c4ccc5nc([C@@H]6CCCN6C(=O)[C@H](OC)c6ccccc6)[nH]c5c4)o3)cc2[nH]1)C(=O)[C@@H](C)c1ccccc1. The van der Waals surface area contributed by atoms with E-state index in [1.165, 1.54) is 0 Å². The van der Waals surface area contributed by atoms with Gasteiger partial charge in [0, 0.05) is 31.3 Å². The third kappa shape index (κ3) is 7.33. The molecule has 1 aliphatic rings. The number of furan rings is 1. The Morgan fingerprint density at radius 3 is 2.18 bits per heavy atom. The van der Waals surface area contributed by atoms with Crippen LogP contribution in [0.1, 0.15) is 67.0 Å². The molecule has 0 spiro atoms. The second kappa shape index (κ2) is 15.6. The average Bonchev–Trinajstić information content (AvgIpc) is 4.05. The maximum Gasteiger partial charge on any atom is 0.256 e. The summed E-state index contributed by atoms with van der Waals surface area (Å²) in [5.74, 6) is 2.67. The Balaban J connectivity index is 0.986. The first-order chi connectivity index (χ1) is 26.9.